The third-order valence-corrected chi connectivity index (χ3v) is 5.18. The Morgan fingerprint density at radius 1 is 1.39 bits per heavy atom. The van der Waals surface area contributed by atoms with Gasteiger partial charge in [-0.05, 0) is 50.8 Å². The van der Waals surface area contributed by atoms with Gasteiger partial charge in [-0.25, -0.2) is 0 Å². The SMILES string of the molecule is CCCc1cccc2c1N(C(C)(C)C)C(SN)S2. The van der Waals surface area contributed by atoms with Crippen LogP contribution in [0.3, 0.4) is 0 Å². The normalized spacial score (nSPS) is 19.2. The van der Waals surface area contributed by atoms with Crippen LogP contribution in [0.25, 0.3) is 0 Å². The molecule has 0 spiro atoms. The predicted molar refractivity (Wildman–Crippen MR) is 84.1 cm³/mol. The Morgan fingerprint density at radius 2 is 2.11 bits per heavy atom. The first kappa shape index (κ1) is 14.1. The quantitative estimate of drug-likeness (QED) is 0.840. The number of thioether (sulfide) groups is 1. The van der Waals surface area contributed by atoms with Gasteiger partial charge in [-0.3, -0.25) is 5.14 Å². The van der Waals surface area contributed by atoms with Gasteiger partial charge in [0.25, 0.3) is 0 Å². The minimum absolute atomic E-state index is 0.0964. The topological polar surface area (TPSA) is 29.3 Å². The molecule has 1 aliphatic rings. The first-order valence-corrected chi connectivity index (χ1v) is 8.24. The highest BCUT2D eigenvalue weighted by Gasteiger charge is 2.38. The van der Waals surface area contributed by atoms with Gasteiger partial charge in [-0.1, -0.05) is 37.2 Å². The van der Waals surface area contributed by atoms with Crippen molar-refractivity contribution >= 4 is 29.4 Å². The van der Waals surface area contributed by atoms with E-state index < -0.39 is 0 Å². The molecule has 0 saturated heterocycles. The number of hydrogen-bond donors (Lipinski definition) is 1. The Hall–Kier alpha value is -0.320. The van der Waals surface area contributed by atoms with Gasteiger partial charge >= 0.3 is 0 Å². The zero-order valence-corrected chi connectivity index (χ0v) is 13.2. The van der Waals surface area contributed by atoms with E-state index >= 15 is 0 Å². The summed E-state index contributed by atoms with van der Waals surface area (Å²) < 4.78 is 0.290. The van der Waals surface area contributed by atoms with Crippen molar-refractivity contribution in [1.82, 2.24) is 0 Å². The first-order valence-electron chi connectivity index (χ1n) is 6.42. The largest absolute Gasteiger partial charge is 0.343 e. The summed E-state index contributed by atoms with van der Waals surface area (Å²) in [5.74, 6) is 0. The maximum atomic E-state index is 5.88. The van der Waals surface area contributed by atoms with Crippen LogP contribution in [0.2, 0.25) is 0 Å². The molecule has 0 aromatic heterocycles. The second kappa shape index (κ2) is 5.35. The lowest BCUT2D eigenvalue weighted by atomic mass is 10.0. The molecule has 1 atom stereocenters. The Balaban J connectivity index is 2.49. The lowest BCUT2D eigenvalue weighted by Gasteiger charge is -2.38. The van der Waals surface area contributed by atoms with Gasteiger partial charge in [0.2, 0.25) is 0 Å². The van der Waals surface area contributed by atoms with Gasteiger partial charge in [0.15, 0.2) is 0 Å². The summed E-state index contributed by atoms with van der Waals surface area (Å²) in [7, 11) is 0. The molecule has 2 N–H and O–H groups in total. The predicted octanol–water partition coefficient (Wildman–Crippen LogP) is 4.24. The molecule has 18 heavy (non-hydrogen) atoms. The van der Waals surface area contributed by atoms with Crippen LogP contribution >= 0.6 is 23.7 Å². The number of aryl methyl sites for hydroxylation is 1. The van der Waals surface area contributed by atoms with Crippen molar-refractivity contribution < 1.29 is 0 Å². The molecule has 1 heterocycles. The van der Waals surface area contributed by atoms with E-state index in [9.17, 15) is 0 Å². The van der Waals surface area contributed by atoms with E-state index in [2.05, 4.69) is 50.8 Å². The van der Waals surface area contributed by atoms with E-state index in [1.54, 1.807) is 0 Å². The minimum Gasteiger partial charge on any atom is -0.343 e. The minimum atomic E-state index is 0.0964. The second-order valence-corrected chi connectivity index (χ2v) is 7.75. The van der Waals surface area contributed by atoms with Crippen LogP contribution in [0.5, 0.6) is 0 Å². The van der Waals surface area contributed by atoms with Gasteiger partial charge in [-0.15, -0.1) is 0 Å². The Morgan fingerprint density at radius 3 is 2.67 bits per heavy atom. The fourth-order valence-electron chi connectivity index (χ4n) is 2.41. The molecular weight excluding hydrogens is 260 g/mol. The van der Waals surface area contributed by atoms with E-state index in [0.29, 0.717) is 0 Å². The average molecular weight is 282 g/mol. The zero-order valence-electron chi connectivity index (χ0n) is 11.6. The third kappa shape index (κ3) is 2.51. The first-order chi connectivity index (χ1) is 8.49. The Kier molecular flexibility index (Phi) is 4.19. The number of nitrogens with two attached hydrogens (primary N) is 1. The molecule has 2 nitrogen and oxygen atoms in total. The lowest BCUT2D eigenvalue weighted by Crippen LogP contribution is -2.44. The molecule has 1 aromatic carbocycles. The van der Waals surface area contributed by atoms with Crippen molar-refractivity contribution in [1.29, 1.82) is 0 Å². The maximum absolute atomic E-state index is 5.88. The summed E-state index contributed by atoms with van der Waals surface area (Å²) in [5.41, 5.74) is 2.95. The molecule has 1 unspecified atom stereocenters. The fraction of sp³-hybridized carbons (Fsp3) is 0.571. The number of benzene rings is 1. The van der Waals surface area contributed by atoms with Gasteiger partial charge in [0.1, 0.15) is 4.71 Å². The van der Waals surface area contributed by atoms with Crippen LogP contribution in [-0.4, -0.2) is 10.2 Å². The fourth-order valence-corrected chi connectivity index (χ4v) is 4.73. The van der Waals surface area contributed by atoms with Crippen LogP contribution in [0, 0.1) is 0 Å². The molecule has 2 rings (SSSR count). The summed E-state index contributed by atoms with van der Waals surface area (Å²) >= 11 is 3.31. The molecule has 1 aliphatic heterocycles. The van der Waals surface area contributed by atoms with Crippen LogP contribution in [0.1, 0.15) is 39.7 Å². The third-order valence-electron chi connectivity index (χ3n) is 3.12. The summed E-state index contributed by atoms with van der Waals surface area (Å²) in [6.07, 6.45) is 2.32. The molecular formula is C14H22N2S2. The number of rotatable bonds is 3. The highest BCUT2D eigenvalue weighted by molar-refractivity contribution is 8.16. The van der Waals surface area contributed by atoms with E-state index in [-0.39, 0.29) is 10.2 Å². The lowest BCUT2D eigenvalue weighted by molar-refractivity contribution is 0.524. The van der Waals surface area contributed by atoms with Gasteiger partial charge < -0.3 is 4.90 Å². The molecule has 0 saturated carbocycles. The number of nitrogens with zero attached hydrogens (tertiary/aromatic N) is 1. The van der Waals surface area contributed by atoms with Gasteiger partial charge in [0.05, 0.1) is 5.69 Å². The van der Waals surface area contributed by atoms with Crippen LogP contribution < -0.4 is 10.0 Å². The highest BCUT2D eigenvalue weighted by Crippen LogP contribution is 2.51. The molecule has 0 radical (unpaired) electrons. The number of para-hydroxylation sites is 1. The van der Waals surface area contributed by atoms with Crippen molar-refractivity contribution in [3.8, 4) is 0 Å². The molecule has 1 aromatic rings. The molecule has 100 valence electrons. The summed E-state index contributed by atoms with van der Waals surface area (Å²) in [4.78, 5) is 3.85. The van der Waals surface area contributed by atoms with E-state index in [0.717, 1.165) is 6.42 Å². The molecule has 0 aliphatic carbocycles. The van der Waals surface area contributed by atoms with Crippen LogP contribution in [-0.2, 0) is 6.42 Å². The standard InChI is InChI=1S/C14H22N2S2/c1-5-7-10-8-6-9-11-12(10)16(14(2,3)4)13(17-11)18-15/h6,8-9,13H,5,7,15H2,1-4H3. The number of hydrogen-bond acceptors (Lipinski definition) is 4. The average Bonchev–Trinajstić information content (AvgIpc) is 2.68. The monoisotopic (exact) mass is 282 g/mol. The Labute approximate surface area is 119 Å². The Bertz CT molecular complexity index is 426. The summed E-state index contributed by atoms with van der Waals surface area (Å²) in [6.45, 7) is 9.01. The van der Waals surface area contributed by atoms with E-state index in [4.69, 9.17) is 5.14 Å². The van der Waals surface area contributed by atoms with E-state index in [1.165, 1.54) is 34.5 Å². The molecule has 4 heteroatoms. The van der Waals surface area contributed by atoms with Gasteiger partial charge in [0, 0.05) is 10.4 Å². The maximum Gasteiger partial charge on any atom is 0.141 e. The van der Waals surface area contributed by atoms with Crippen molar-refractivity contribution in [3.05, 3.63) is 23.8 Å². The highest BCUT2D eigenvalue weighted by atomic mass is 32.2. The smallest absolute Gasteiger partial charge is 0.141 e. The molecule has 0 amide bonds. The van der Waals surface area contributed by atoms with Crippen molar-refractivity contribution in [2.75, 3.05) is 4.90 Å². The van der Waals surface area contributed by atoms with Crippen LogP contribution in [0.4, 0.5) is 5.69 Å². The van der Waals surface area contributed by atoms with Crippen LogP contribution in [0.15, 0.2) is 23.1 Å². The number of fused-ring (bicyclic) bond motifs is 1. The molecule has 0 fully saturated rings. The molecule has 0 bridgehead atoms. The second-order valence-electron chi connectivity index (χ2n) is 5.62. The summed E-state index contributed by atoms with van der Waals surface area (Å²) in [6, 6.07) is 6.64. The summed E-state index contributed by atoms with van der Waals surface area (Å²) in [5, 5.41) is 5.88. The van der Waals surface area contributed by atoms with E-state index in [1.807, 2.05) is 11.8 Å². The van der Waals surface area contributed by atoms with Crippen molar-refractivity contribution in [2.45, 2.75) is 55.7 Å². The number of anilines is 1. The van der Waals surface area contributed by atoms with Crippen molar-refractivity contribution in [2.24, 2.45) is 5.14 Å². The van der Waals surface area contributed by atoms with Crippen molar-refractivity contribution in [3.63, 3.8) is 0 Å². The zero-order chi connectivity index (χ0) is 13.3. The van der Waals surface area contributed by atoms with Gasteiger partial charge in [-0.2, -0.15) is 0 Å².